The molecule has 3 fully saturated rings. The summed E-state index contributed by atoms with van der Waals surface area (Å²) in [4.78, 5) is 49.9. The van der Waals surface area contributed by atoms with Gasteiger partial charge in [-0.3, -0.25) is 29.1 Å². The zero-order chi connectivity index (χ0) is 46.9. The zero-order valence-corrected chi connectivity index (χ0v) is 37.8. The minimum Gasteiger partial charge on any atom is -0.377 e. The van der Waals surface area contributed by atoms with E-state index in [-0.39, 0.29) is 84.6 Å². The third-order valence-corrected chi connectivity index (χ3v) is 14.6. The van der Waals surface area contributed by atoms with E-state index in [1.807, 2.05) is 13.1 Å². The van der Waals surface area contributed by atoms with Gasteiger partial charge in [-0.15, -0.1) is 0 Å². The molecule has 3 aromatic heterocycles. The number of aryl methyl sites for hydroxylation is 1. The minimum absolute atomic E-state index is 0.0247. The zero-order valence-electron chi connectivity index (χ0n) is 37.0. The van der Waals surface area contributed by atoms with Gasteiger partial charge in [0.25, 0.3) is 5.56 Å². The fourth-order valence-electron chi connectivity index (χ4n) is 9.32. The average Bonchev–Trinajstić information content (AvgIpc) is 3.61. The lowest BCUT2D eigenvalue weighted by molar-refractivity contribution is -0.140. The number of carbonyl (C=O) groups is 2. The van der Waals surface area contributed by atoms with Crippen LogP contribution < -0.4 is 21.1 Å². The van der Waals surface area contributed by atoms with E-state index in [9.17, 15) is 41.2 Å². The quantitative estimate of drug-likeness (QED) is 0.144. The van der Waals surface area contributed by atoms with E-state index in [0.717, 1.165) is 43.4 Å². The van der Waals surface area contributed by atoms with Gasteiger partial charge in [0.1, 0.15) is 12.2 Å². The molecule has 1 unspecified atom stereocenters. The number of hydrogen-bond donors (Lipinski definition) is 2. The van der Waals surface area contributed by atoms with Crippen molar-refractivity contribution in [1.29, 1.82) is 5.26 Å². The first-order valence-electron chi connectivity index (χ1n) is 22.1. The fourth-order valence-corrected chi connectivity index (χ4v) is 10.8. The lowest BCUT2D eigenvalue weighted by Gasteiger charge is -2.34. The van der Waals surface area contributed by atoms with E-state index >= 15 is 0 Å². The maximum Gasteiger partial charge on any atom is 0.406 e. The first kappa shape index (κ1) is 46.6. The number of alkyl halides is 3. The van der Waals surface area contributed by atoms with Gasteiger partial charge >= 0.3 is 12.2 Å². The molecule has 5 aromatic rings. The number of aromatic nitrogens is 5. The van der Waals surface area contributed by atoms with Crippen LogP contribution in [0.2, 0.25) is 0 Å². The van der Waals surface area contributed by atoms with Crippen LogP contribution in [0, 0.1) is 17.2 Å². The molecule has 66 heavy (non-hydrogen) atoms. The van der Waals surface area contributed by atoms with Crippen LogP contribution in [0.4, 0.5) is 29.7 Å². The number of pyridine rings is 1. The van der Waals surface area contributed by atoms with E-state index in [1.54, 1.807) is 23.7 Å². The summed E-state index contributed by atoms with van der Waals surface area (Å²) in [5, 5.41) is 21.2. The third kappa shape index (κ3) is 10.1. The molecule has 0 saturated carbocycles. The first-order chi connectivity index (χ1) is 31.5. The lowest BCUT2D eigenvalue weighted by Crippen LogP contribution is -2.49. The highest BCUT2D eigenvalue weighted by atomic mass is 32.2. The number of likely N-dealkylation sites (tertiary alicyclic amines) is 1. The van der Waals surface area contributed by atoms with Gasteiger partial charge in [0.15, 0.2) is 5.82 Å². The fraction of sp³-hybridized carbons (Fsp3) is 0.489. The van der Waals surface area contributed by atoms with Gasteiger partial charge in [0.2, 0.25) is 21.9 Å². The van der Waals surface area contributed by atoms with Crippen LogP contribution in [-0.2, 0) is 46.2 Å². The molecule has 3 amide bonds. The van der Waals surface area contributed by atoms with Crippen molar-refractivity contribution in [2.45, 2.75) is 88.6 Å². The van der Waals surface area contributed by atoms with Gasteiger partial charge in [-0.05, 0) is 111 Å². The molecule has 2 N–H and O–H groups in total. The van der Waals surface area contributed by atoms with Gasteiger partial charge in [0.05, 0.1) is 28.7 Å². The van der Waals surface area contributed by atoms with Gasteiger partial charge in [0, 0.05) is 74.8 Å². The molecule has 8 rings (SSSR count). The topological polar surface area (TPSA) is 201 Å². The number of amides is 3. The van der Waals surface area contributed by atoms with Crippen LogP contribution in [0.1, 0.15) is 74.1 Å². The second-order valence-electron chi connectivity index (χ2n) is 17.4. The third-order valence-electron chi connectivity index (χ3n) is 12.7. The molecule has 2 aromatic carbocycles. The normalized spacial score (nSPS) is 17.9. The standard InChI is InChI=1S/C45H52F3N11O6S/c1-4-65-26-34-20-33-24-50-43(53-40(33)59(42(34)61)27-45(46,47)48)51-35-11-16-57(17-12-35)66(63,64)36-7-5-31(23-49)32(21-36)19-28(2)25-56-14-9-29(10-15-56)30-6-8-37-38(22-30)55(3)54-41(37)58-18-13-39(60)52-44(58)62/h5-8,20-22,24,28-29,35H,4,9-19,25-27H2,1-3H3,(H,50,51,53)(H,52,60,62). The Labute approximate surface area is 379 Å². The summed E-state index contributed by atoms with van der Waals surface area (Å²) in [6.45, 7) is 5.53. The predicted octanol–water partition coefficient (Wildman–Crippen LogP) is 5.42. The summed E-state index contributed by atoms with van der Waals surface area (Å²) in [6.07, 6.45) is 0.0144. The number of anilines is 2. The number of piperidine rings is 2. The Bertz CT molecular complexity index is 2860. The lowest BCUT2D eigenvalue weighted by atomic mass is 9.88. The maximum atomic E-state index is 14.0. The molecule has 3 aliphatic rings. The number of ether oxygens (including phenoxy) is 1. The summed E-state index contributed by atoms with van der Waals surface area (Å²) in [7, 11) is -2.08. The number of urea groups is 1. The number of imide groups is 1. The Balaban J connectivity index is 0.865. The molecule has 21 heteroatoms. The number of carbonyl (C=O) groups excluding carboxylic acids is 2. The molecule has 6 heterocycles. The molecule has 3 aliphatic heterocycles. The summed E-state index contributed by atoms with van der Waals surface area (Å²) < 4.78 is 77.7. The van der Waals surface area contributed by atoms with E-state index in [2.05, 4.69) is 55.7 Å². The van der Waals surface area contributed by atoms with Crippen molar-refractivity contribution in [3.05, 3.63) is 81.3 Å². The van der Waals surface area contributed by atoms with E-state index in [4.69, 9.17) is 4.74 Å². The van der Waals surface area contributed by atoms with Crippen molar-refractivity contribution in [1.82, 2.24) is 38.8 Å². The monoisotopic (exact) mass is 931 g/mol. The number of nitrogens with one attached hydrogen (secondary N) is 2. The molecular formula is C45H52F3N11O6S. The Morgan fingerprint density at radius 2 is 1.76 bits per heavy atom. The smallest absolute Gasteiger partial charge is 0.377 e. The largest absolute Gasteiger partial charge is 0.406 e. The van der Waals surface area contributed by atoms with Crippen LogP contribution in [0.5, 0.6) is 0 Å². The Morgan fingerprint density at radius 3 is 2.45 bits per heavy atom. The van der Waals surface area contributed by atoms with Crippen molar-refractivity contribution < 1.29 is 35.9 Å². The van der Waals surface area contributed by atoms with Gasteiger partial charge in [-0.2, -0.15) is 32.8 Å². The second-order valence-corrected chi connectivity index (χ2v) is 19.3. The highest BCUT2D eigenvalue weighted by Gasteiger charge is 2.33. The van der Waals surface area contributed by atoms with Crippen molar-refractivity contribution in [3.8, 4) is 6.07 Å². The van der Waals surface area contributed by atoms with Crippen LogP contribution in [0.25, 0.3) is 21.9 Å². The van der Waals surface area contributed by atoms with Crippen molar-refractivity contribution >= 4 is 55.7 Å². The van der Waals surface area contributed by atoms with Gasteiger partial charge < -0.3 is 15.0 Å². The van der Waals surface area contributed by atoms with E-state index in [1.165, 1.54) is 33.1 Å². The van der Waals surface area contributed by atoms with Gasteiger partial charge in [-0.1, -0.05) is 13.0 Å². The summed E-state index contributed by atoms with van der Waals surface area (Å²) in [5.74, 6) is 0.718. The number of nitriles is 1. The Hall–Kier alpha value is -5.95. The van der Waals surface area contributed by atoms with Crippen LogP contribution in [0.15, 0.2) is 58.4 Å². The molecule has 350 valence electrons. The number of hydrogen-bond acceptors (Lipinski definition) is 12. The Kier molecular flexibility index (Phi) is 13.5. The maximum absolute atomic E-state index is 14.0. The summed E-state index contributed by atoms with van der Waals surface area (Å²) in [5.41, 5.74) is 2.23. The van der Waals surface area contributed by atoms with Crippen LogP contribution in [-0.4, -0.2) is 112 Å². The van der Waals surface area contributed by atoms with Crippen molar-refractivity contribution in [3.63, 3.8) is 0 Å². The van der Waals surface area contributed by atoms with Gasteiger partial charge in [-0.25, -0.2) is 18.2 Å². The molecule has 0 spiro atoms. The Morgan fingerprint density at radius 1 is 1.00 bits per heavy atom. The van der Waals surface area contributed by atoms with E-state index in [0.29, 0.717) is 46.7 Å². The molecular weight excluding hydrogens is 880 g/mol. The van der Waals surface area contributed by atoms with Crippen LogP contribution >= 0.6 is 0 Å². The highest BCUT2D eigenvalue weighted by molar-refractivity contribution is 7.89. The number of sulfonamides is 1. The molecule has 0 aliphatic carbocycles. The van der Waals surface area contributed by atoms with Crippen molar-refractivity contribution in [2.24, 2.45) is 13.0 Å². The first-order valence-corrected chi connectivity index (χ1v) is 23.6. The molecule has 3 saturated heterocycles. The number of rotatable bonds is 14. The highest BCUT2D eigenvalue weighted by Crippen LogP contribution is 2.34. The predicted molar refractivity (Wildman–Crippen MR) is 239 cm³/mol. The average molecular weight is 932 g/mol. The number of nitrogens with zero attached hydrogens (tertiary/aromatic N) is 9. The molecule has 0 bridgehead atoms. The summed E-state index contributed by atoms with van der Waals surface area (Å²) in [6, 6.07) is 13.8. The SMILES string of the molecule is CCOCc1cc2cnc(NC3CCN(S(=O)(=O)c4ccc(C#N)c(CC(C)CN5CCC(c6ccc7c(N8CCC(=O)NC8=O)nn(C)c7c6)CC5)c4)CC3)nc2n(CC(F)(F)F)c1=O. The molecule has 17 nitrogen and oxygen atoms in total. The van der Waals surface area contributed by atoms with Crippen LogP contribution in [0.3, 0.4) is 0 Å². The number of fused-ring (bicyclic) bond motifs is 2. The van der Waals surface area contributed by atoms with Crippen molar-refractivity contribution in [2.75, 3.05) is 56.1 Å². The molecule has 1 atom stereocenters. The van der Waals surface area contributed by atoms with E-state index < -0.39 is 34.3 Å². The molecule has 0 radical (unpaired) electrons. The summed E-state index contributed by atoms with van der Waals surface area (Å²) >= 11 is 0. The second kappa shape index (κ2) is 19.1. The number of halogens is 3. The number of benzene rings is 2. The minimum atomic E-state index is -4.68.